The van der Waals surface area contributed by atoms with Crippen LogP contribution in [0.5, 0.6) is 0 Å². The second-order valence-electron chi connectivity index (χ2n) is 2.92. The molecule has 0 radical (unpaired) electrons. The van der Waals surface area contributed by atoms with Crippen molar-refractivity contribution in [1.29, 1.82) is 0 Å². The molecule has 0 heterocycles. The molecule has 3 nitrogen and oxygen atoms in total. The summed E-state index contributed by atoms with van der Waals surface area (Å²) >= 11 is 5.70. The second-order valence-corrected chi connectivity index (χ2v) is 6.25. The molecule has 0 N–H and O–H groups in total. The first-order chi connectivity index (χ1) is 6.97. The topological polar surface area (TPSA) is 43.4 Å². The molecule has 0 bridgehead atoms. The molecule has 0 aliphatic heterocycles. The van der Waals surface area contributed by atoms with Crippen LogP contribution >= 0.6 is 22.3 Å². The van der Waals surface area contributed by atoms with Gasteiger partial charge in [-0.15, -0.1) is 0 Å². The van der Waals surface area contributed by atoms with E-state index in [0.29, 0.717) is 11.6 Å². The Morgan fingerprint density at radius 1 is 1.20 bits per heavy atom. The minimum absolute atomic E-state index is 0.0917. The zero-order valence-corrected chi connectivity index (χ0v) is 10.1. The monoisotopic (exact) mass is 268 g/mol. The maximum atomic E-state index is 10.6. The van der Waals surface area contributed by atoms with Crippen molar-refractivity contribution >= 4 is 31.3 Å². The van der Waals surface area contributed by atoms with Gasteiger partial charge in [-0.3, -0.25) is 0 Å². The smallest absolute Gasteiger partial charge is 0.234 e. The molecule has 15 heavy (non-hydrogen) atoms. The van der Waals surface area contributed by atoms with Gasteiger partial charge in [-0.05, 0) is 17.7 Å². The molecule has 0 unspecified atom stereocenters. The van der Waals surface area contributed by atoms with Gasteiger partial charge in [0.2, 0.25) is 9.05 Å². The molecule has 0 saturated heterocycles. The molecule has 1 aromatic rings. The quantitative estimate of drug-likeness (QED) is 0.609. The van der Waals surface area contributed by atoms with Crippen molar-refractivity contribution in [3.05, 3.63) is 34.9 Å². The van der Waals surface area contributed by atoms with Gasteiger partial charge in [0, 0.05) is 15.7 Å². The molecule has 1 rings (SSSR count). The normalized spacial score (nSPS) is 11.6. The first kappa shape index (κ1) is 12.8. The third-order valence-corrected chi connectivity index (χ3v) is 3.02. The molecule has 0 spiro atoms. The highest BCUT2D eigenvalue weighted by atomic mass is 35.7. The summed E-state index contributed by atoms with van der Waals surface area (Å²) in [6.07, 6.45) is 0. The molecule has 0 atom stereocenters. The lowest BCUT2D eigenvalue weighted by Crippen LogP contribution is -2.06. The van der Waals surface area contributed by atoms with Gasteiger partial charge in [0.15, 0.2) is 0 Å². The zero-order chi connectivity index (χ0) is 11.3. The average molecular weight is 269 g/mol. The van der Waals surface area contributed by atoms with E-state index in [0.717, 1.165) is 5.56 Å². The van der Waals surface area contributed by atoms with E-state index in [-0.39, 0.29) is 12.4 Å². The summed E-state index contributed by atoms with van der Waals surface area (Å²) in [6, 6.07) is 7.13. The number of hydrogen-bond acceptors (Lipinski definition) is 3. The van der Waals surface area contributed by atoms with E-state index in [2.05, 4.69) is 0 Å². The van der Waals surface area contributed by atoms with Gasteiger partial charge in [-0.1, -0.05) is 23.7 Å². The van der Waals surface area contributed by atoms with Crippen molar-refractivity contribution in [1.82, 2.24) is 0 Å². The van der Waals surface area contributed by atoms with Crippen LogP contribution in [0.15, 0.2) is 24.3 Å². The van der Waals surface area contributed by atoms with Gasteiger partial charge >= 0.3 is 0 Å². The van der Waals surface area contributed by atoms with Crippen molar-refractivity contribution < 1.29 is 13.2 Å². The van der Waals surface area contributed by atoms with Gasteiger partial charge in [-0.25, -0.2) is 8.42 Å². The lowest BCUT2D eigenvalue weighted by Gasteiger charge is -2.02. The van der Waals surface area contributed by atoms with E-state index in [1.165, 1.54) is 0 Å². The Hall–Kier alpha value is -0.290. The standard InChI is InChI=1S/C9H10Cl2O3S/c10-9-3-1-8(2-4-9)7-14-5-6-15(11,12)13/h1-4H,5-7H2. The third kappa shape index (κ3) is 5.99. The van der Waals surface area contributed by atoms with E-state index >= 15 is 0 Å². The Labute approximate surface area is 98.4 Å². The highest BCUT2D eigenvalue weighted by molar-refractivity contribution is 8.13. The Morgan fingerprint density at radius 3 is 2.33 bits per heavy atom. The number of ether oxygens (including phenoxy) is 1. The molecule has 0 aliphatic rings. The molecule has 6 heteroatoms. The Balaban J connectivity index is 2.29. The molecule has 0 amide bonds. The van der Waals surface area contributed by atoms with Crippen LogP contribution in [-0.4, -0.2) is 20.8 Å². The van der Waals surface area contributed by atoms with Crippen molar-refractivity contribution in [2.24, 2.45) is 0 Å². The van der Waals surface area contributed by atoms with E-state index in [1.54, 1.807) is 12.1 Å². The van der Waals surface area contributed by atoms with Gasteiger partial charge in [0.25, 0.3) is 0 Å². The van der Waals surface area contributed by atoms with Crippen LogP contribution in [0.25, 0.3) is 0 Å². The van der Waals surface area contributed by atoms with Crippen LogP contribution in [0.1, 0.15) is 5.56 Å². The molecule has 0 aromatic heterocycles. The van der Waals surface area contributed by atoms with Crippen LogP contribution in [0, 0.1) is 0 Å². The third-order valence-electron chi connectivity index (χ3n) is 1.65. The summed E-state index contributed by atoms with van der Waals surface area (Å²) in [6.45, 7) is 0.442. The summed E-state index contributed by atoms with van der Waals surface area (Å²) < 4.78 is 26.2. The SMILES string of the molecule is O=S(=O)(Cl)CCOCc1ccc(Cl)cc1. The molecular weight excluding hydrogens is 259 g/mol. The fraction of sp³-hybridized carbons (Fsp3) is 0.333. The molecular formula is C9H10Cl2O3S. The predicted octanol–water partition coefficient (Wildman–Crippen LogP) is 2.43. The summed E-state index contributed by atoms with van der Waals surface area (Å²) in [5.41, 5.74) is 0.936. The number of halogens is 2. The lowest BCUT2D eigenvalue weighted by atomic mass is 10.2. The first-order valence-corrected chi connectivity index (χ1v) is 7.07. The lowest BCUT2D eigenvalue weighted by molar-refractivity contribution is 0.135. The maximum Gasteiger partial charge on any atom is 0.234 e. The van der Waals surface area contributed by atoms with Crippen LogP contribution < -0.4 is 0 Å². The summed E-state index contributed by atoms with van der Waals surface area (Å²) in [5.74, 6) is -0.178. The summed E-state index contributed by atoms with van der Waals surface area (Å²) in [5, 5.41) is 0.655. The molecule has 0 aliphatic carbocycles. The van der Waals surface area contributed by atoms with Crippen molar-refractivity contribution in [2.75, 3.05) is 12.4 Å². The van der Waals surface area contributed by atoms with Crippen molar-refractivity contribution in [3.8, 4) is 0 Å². The fourth-order valence-electron chi connectivity index (χ4n) is 0.929. The van der Waals surface area contributed by atoms with Crippen LogP contribution in [-0.2, 0) is 20.4 Å². The summed E-state index contributed by atoms with van der Waals surface area (Å²) in [4.78, 5) is 0. The second kappa shape index (κ2) is 5.70. The number of benzene rings is 1. The largest absolute Gasteiger partial charge is 0.376 e. The van der Waals surface area contributed by atoms with Crippen LogP contribution in [0.2, 0.25) is 5.02 Å². The molecule has 1 aromatic carbocycles. The Bertz CT molecular complexity index is 400. The van der Waals surface area contributed by atoms with E-state index in [1.807, 2.05) is 12.1 Å². The predicted molar refractivity (Wildman–Crippen MR) is 60.7 cm³/mol. The molecule has 84 valence electrons. The van der Waals surface area contributed by atoms with E-state index in [4.69, 9.17) is 27.0 Å². The van der Waals surface area contributed by atoms with Gasteiger partial charge < -0.3 is 4.74 Å². The van der Waals surface area contributed by atoms with Crippen molar-refractivity contribution in [2.45, 2.75) is 6.61 Å². The molecule has 0 saturated carbocycles. The van der Waals surface area contributed by atoms with E-state index in [9.17, 15) is 8.42 Å². The fourth-order valence-corrected chi connectivity index (χ4v) is 1.56. The number of hydrogen-bond donors (Lipinski definition) is 0. The van der Waals surface area contributed by atoms with Gasteiger partial charge in [0.1, 0.15) is 0 Å². The number of rotatable bonds is 5. The highest BCUT2D eigenvalue weighted by Gasteiger charge is 2.04. The summed E-state index contributed by atoms with van der Waals surface area (Å²) in [7, 11) is 1.55. The Kier molecular flexibility index (Phi) is 4.86. The minimum Gasteiger partial charge on any atom is -0.376 e. The molecule has 0 fully saturated rings. The van der Waals surface area contributed by atoms with Crippen LogP contribution in [0.3, 0.4) is 0 Å². The Morgan fingerprint density at radius 2 is 1.80 bits per heavy atom. The highest BCUT2D eigenvalue weighted by Crippen LogP contribution is 2.10. The minimum atomic E-state index is -3.46. The van der Waals surface area contributed by atoms with Gasteiger partial charge in [-0.2, -0.15) is 0 Å². The first-order valence-electron chi connectivity index (χ1n) is 4.22. The average Bonchev–Trinajstić information content (AvgIpc) is 2.14. The zero-order valence-electron chi connectivity index (χ0n) is 7.82. The van der Waals surface area contributed by atoms with Crippen LogP contribution in [0.4, 0.5) is 0 Å². The maximum absolute atomic E-state index is 10.6. The van der Waals surface area contributed by atoms with Crippen molar-refractivity contribution in [3.63, 3.8) is 0 Å². The van der Waals surface area contributed by atoms with E-state index < -0.39 is 9.05 Å². The van der Waals surface area contributed by atoms with Gasteiger partial charge in [0.05, 0.1) is 19.0 Å².